The lowest BCUT2D eigenvalue weighted by atomic mass is 10.1. The van der Waals surface area contributed by atoms with Crippen molar-refractivity contribution in [2.24, 2.45) is 5.73 Å². The summed E-state index contributed by atoms with van der Waals surface area (Å²) in [6.07, 6.45) is 5.42. The van der Waals surface area contributed by atoms with Gasteiger partial charge in [-0.05, 0) is 35.7 Å². The highest BCUT2D eigenvalue weighted by Crippen LogP contribution is 2.14. The molecule has 1 aromatic carbocycles. The highest BCUT2D eigenvalue weighted by atomic mass is 32.1. The Kier molecular flexibility index (Phi) is 7.69. The molecule has 0 bridgehead atoms. The zero-order valence-electron chi connectivity index (χ0n) is 15.2. The van der Waals surface area contributed by atoms with Crippen LogP contribution in [0, 0.1) is 0 Å². The largest absolute Gasteiger partial charge is 0.465 e. The van der Waals surface area contributed by atoms with E-state index in [-0.39, 0.29) is 12.0 Å². The average molecular weight is 372 g/mol. The van der Waals surface area contributed by atoms with Crippen LogP contribution in [0.2, 0.25) is 0 Å². The van der Waals surface area contributed by atoms with Crippen molar-refractivity contribution in [3.8, 4) is 0 Å². The molecule has 0 aliphatic heterocycles. The molecule has 0 aliphatic carbocycles. The number of rotatable bonds is 8. The molecule has 138 valence electrons. The van der Waals surface area contributed by atoms with Crippen LogP contribution in [0.4, 0.5) is 0 Å². The molecule has 1 heterocycles. The summed E-state index contributed by atoms with van der Waals surface area (Å²) in [5, 5.41) is 0. The van der Waals surface area contributed by atoms with Crippen LogP contribution in [0.25, 0.3) is 0 Å². The number of hydrogen-bond donors (Lipinski definition) is 1. The number of hydrogen-bond acceptors (Lipinski definition) is 5. The molecule has 5 nitrogen and oxygen atoms in total. The number of pyridine rings is 1. The first-order chi connectivity index (χ1) is 12.5. The van der Waals surface area contributed by atoms with Gasteiger partial charge in [0.2, 0.25) is 0 Å². The van der Waals surface area contributed by atoms with Crippen molar-refractivity contribution in [1.82, 2.24) is 9.88 Å². The van der Waals surface area contributed by atoms with Gasteiger partial charge in [0.25, 0.3) is 0 Å². The maximum Gasteiger partial charge on any atom is 0.337 e. The molecule has 26 heavy (non-hydrogen) atoms. The number of carbonyl (C=O) groups is 1. The Balaban J connectivity index is 2.17. The van der Waals surface area contributed by atoms with Crippen molar-refractivity contribution in [2.45, 2.75) is 38.9 Å². The van der Waals surface area contributed by atoms with E-state index in [1.165, 1.54) is 7.11 Å². The monoisotopic (exact) mass is 371 g/mol. The molecule has 0 radical (unpaired) electrons. The summed E-state index contributed by atoms with van der Waals surface area (Å²) in [4.78, 5) is 18.6. The van der Waals surface area contributed by atoms with E-state index in [0.717, 1.165) is 29.0 Å². The van der Waals surface area contributed by atoms with E-state index >= 15 is 0 Å². The van der Waals surface area contributed by atoms with Crippen LogP contribution in [0.3, 0.4) is 0 Å². The standard InChI is InChI=1S/C20H25N3O2S/c1-3-5-18(21)19(26)23(14-16-6-4-11-22-12-16)13-15-7-9-17(10-8-15)20(24)25-2/h4,6-12,18H,3,5,13-14,21H2,1-2H3/t18-/m1/s1. The van der Waals surface area contributed by atoms with Gasteiger partial charge in [-0.15, -0.1) is 0 Å². The van der Waals surface area contributed by atoms with E-state index in [9.17, 15) is 4.79 Å². The molecule has 0 saturated heterocycles. The molecule has 2 rings (SSSR count). The lowest BCUT2D eigenvalue weighted by Crippen LogP contribution is -2.41. The Morgan fingerprint density at radius 3 is 2.50 bits per heavy atom. The molecule has 0 aliphatic rings. The Bertz CT molecular complexity index is 720. The van der Waals surface area contributed by atoms with E-state index < -0.39 is 0 Å². The quantitative estimate of drug-likeness (QED) is 0.567. The smallest absolute Gasteiger partial charge is 0.337 e. The summed E-state index contributed by atoms with van der Waals surface area (Å²) in [6.45, 7) is 3.36. The highest BCUT2D eigenvalue weighted by Gasteiger charge is 2.17. The maximum absolute atomic E-state index is 11.6. The first kappa shape index (κ1) is 20.0. The third-order valence-corrected chi connectivity index (χ3v) is 4.63. The first-order valence-corrected chi connectivity index (χ1v) is 9.06. The first-order valence-electron chi connectivity index (χ1n) is 8.65. The van der Waals surface area contributed by atoms with E-state index in [0.29, 0.717) is 18.7 Å². The molecular weight excluding hydrogens is 346 g/mol. The topological polar surface area (TPSA) is 68.5 Å². The van der Waals surface area contributed by atoms with E-state index in [1.807, 2.05) is 30.5 Å². The zero-order chi connectivity index (χ0) is 18.9. The minimum atomic E-state index is -0.343. The van der Waals surface area contributed by atoms with Gasteiger partial charge >= 0.3 is 5.97 Å². The van der Waals surface area contributed by atoms with Crippen LogP contribution in [-0.4, -0.2) is 34.0 Å². The SMILES string of the molecule is CCC[C@@H](N)C(=S)N(Cc1ccc(C(=O)OC)cc1)Cc1cccnc1. The Hall–Kier alpha value is -2.31. The number of benzene rings is 1. The van der Waals surface area contributed by atoms with Gasteiger partial charge in [-0.25, -0.2) is 4.79 Å². The van der Waals surface area contributed by atoms with Crippen LogP contribution in [0.15, 0.2) is 48.8 Å². The van der Waals surface area contributed by atoms with Gasteiger partial charge in [0.15, 0.2) is 0 Å². The molecule has 6 heteroatoms. The van der Waals surface area contributed by atoms with Crippen molar-refractivity contribution in [3.63, 3.8) is 0 Å². The molecule has 0 unspecified atom stereocenters. The summed E-state index contributed by atoms with van der Waals surface area (Å²) >= 11 is 5.65. The molecule has 0 fully saturated rings. The molecular formula is C20H25N3O2S. The fourth-order valence-electron chi connectivity index (χ4n) is 2.68. The summed E-state index contributed by atoms with van der Waals surface area (Å²) in [7, 11) is 1.37. The predicted molar refractivity (Wildman–Crippen MR) is 107 cm³/mol. The lowest BCUT2D eigenvalue weighted by molar-refractivity contribution is 0.0600. The van der Waals surface area contributed by atoms with Crippen LogP contribution in [-0.2, 0) is 17.8 Å². The van der Waals surface area contributed by atoms with Gasteiger partial charge < -0.3 is 15.4 Å². The summed E-state index contributed by atoms with van der Waals surface area (Å²) in [5.74, 6) is -0.343. The minimum absolute atomic E-state index is 0.152. The molecule has 1 aromatic heterocycles. The van der Waals surface area contributed by atoms with Gasteiger partial charge in [-0.3, -0.25) is 4.98 Å². The Labute approximate surface area is 160 Å². The summed E-state index contributed by atoms with van der Waals surface area (Å²) in [5.41, 5.74) is 8.91. The Morgan fingerprint density at radius 2 is 1.92 bits per heavy atom. The number of nitrogens with two attached hydrogens (primary N) is 1. The van der Waals surface area contributed by atoms with Gasteiger partial charge in [0.1, 0.15) is 0 Å². The fraction of sp³-hybridized carbons (Fsp3) is 0.350. The van der Waals surface area contributed by atoms with Crippen molar-refractivity contribution in [2.75, 3.05) is 7.11 Å². The Morgan fingerprint density at radius 1 is 1.23 bits per heavy atom. The number of thiocarbonyl (C=S) groups is 1. The number of carbonyl (C=O) groups excluding carboxylic acids is 1. The van der Waals surface area contributed by atoms with Crippen molar-refractivity contribution < 1.29 is 9.53 Å². The maximum atomic E-state index is 11.6. The zero-order valence-corrected chi connectivity index (χ0v) is 16.0. The van der Waals surface area contributed by atoms with E-state index in [2.05, 4.69) is 16.8 Å². The van der Waals surface area contributed by atoms with Crippen molar-refractivity contribution in [3.05, 3.63) is 65.5 Å². The third kappa shape index (κ3) is 5.61. The molecule has 0 saturated carbocycles. The number of esters is 1. The van der Waals surface area contributed by atoms with Gasteiger partial charge in [0.05, 0.1) is 23.7 Å². The molecule has 0 spiro atoms. The van der Waals surface area contributed by atoms with Crippen LogP contribution < -0.4 is 5.73 Å². The second kappa shape index (κ2) is 9.99. The highest BCUT2D eigenvalue weighted by molar-refractivity contribution is 7.80. The van der Waals surface area contributed by atoms with Crippen molar-refractivity contribution in [1.29, 1.82) is 0 Å². The second-order valence-corrected chi connectivity index (χ2v) is 6.56. The summed E-state index contributed by atoms with van der Waals surface area (Å²) in [6, 6.07) is 11.1. The van der Waals surface area contributed by atoms with Crippen molar-refractivity contribution >= 4 is 23.2 Å². The van der Waals surface area contributed by atoms with Gasteiger partial charge in [-0.1, -0.05) is 43.8 Å². The van der Waals surface area contributed by atoms with Crippen LogP contribution >= 0.6 is 12.2 Å². The fourth-order valence-corrected chi connectivity index (χ4v) is 2.92. The number of aromatic nitrogens is 1. The molecule has 1 atom stereocenters. The normalized spacial score (nSPS) is 11.7. The molecule has 0 amide bonds. The third-order valence-electron chi connectivity index (χ3n) is 4.07. The van der Waals surface area contributed by atoms with Crippen LogP contribution in [0.1, 0.15) is 41.3 Å². The van der Waals surface area contributed by atoms with Gasteiger partial charge in [0, 0.05) is 25.5 Å². The summed E-state index contributed by atoms with van der Waals surface area (Å²) < 4.78 is 4.74. The number of nitrogens with zero attached hydrogens (tertiary/aromatic N) is 2. The molecule has 2 N–H and O–H groups in total. The number of methoxy groups -OCH3 is 1. The van der Waals surface area contributed by atoms with E-state index in [4.69, 9.17) is 22.7 Å². The van der Waals surface area contributed by atoms with E-state index in [1.54, 1.807) is 18.3 Å². The predicted octanol–water partition coefficient (Wildman–Crippen LogP) is 3.33. The lowest BCUT2D eigenvalue weighted by Gasteiger charge is -2.29. The number of ether oxygens (including phenoxy) is 1. The minimum Gasteiger partial charge on any atom is -0.465 e. The molecule has 2 aromatic rings. The second-order valence-electron chi connectivity index (χ2n) is 6.14. The average Bonchev–Trinajstić information content (AvgIpc) is 2.68. The van der Waals surface area contributed by atoms with Gasteiger partial charge in [-0.2, -0.15) is 0 Å². The van der Waals surface area contributed by atoms with Crippen LogP contribution in [0.5, 0.6) is 0 Å².